The van der Waals surface area contributed by atoms with Crippen LogP contribution in [0.3, 0.4) is 0 Å². The van der Waals surface area contributed by atoms with E-state index < -0.39 is 27.4 Å². The molecule has 0 aromatic rings. The van der Waals surface area contributed by atoms with Crippen molar-refractivity contribution in [2.45, 2.75) is 32.7 Å². The maximum atomic E-state index is 12.0. The fourth-order valence-corrected chi connectivity index (χ4v) is 3.94. The van der Waals surface area contributed by atoms with Crippen LogP contribution in [0.15, 0.2) is 12.7 Å². The molecule has 98 valence electrons. The summed E-state index contributed by atoms with van der Waals surface area (Å²) in [4.78, 5) is 11.3. The third-order valence-electron chi connectivity index (χ3n) is 3.15. The monoisotopic (exact) mass is 261 g/mol. The van der Waals surface area contributed by atoms with E-state index >= 15 is 0 Å². The number of aliphatic carboxylic acids is 1. The Kier molecular flexibility index (Phi) is 3.99. The molecule has 17 heavy (non-hydrogen) atoms. The maximum absolute atomic E-state index is 12.0. The summed E-state index contributed by atoms with van der Waals surface area (Å²) < 4.78 is 25.1. The zero-order valence-corrected chi connectivity index (χ0v) is 11.0. The Morgan fingerprint density at radius 1 is 1.59 bits per heavy atom. The van der Waals surface area contributed by atoms with Crippen molar-refractivity contribution in [2.75, 3.05) is 12.3 Å². The fraction of sp³-hybridized carbons (Fsp3) is 0.727. The number of sulfonamides is 1. The van der Waals surface area contributed by atoms with Crippen LogP contribution in [0.5, 0.6) is 0 Å². The van der Waals surface area contributed by atoms with Gasteiger partial charge in [-0.15, -0.1) is 6.58 Å². The highest BCUT2D eigenvalue weighted by molar-refractivity contribution is 7.89. The van der Waals surface area contributed by atoms with Crippen LogP contribution >= 0.6 is 0 Å². The van der Waals surface area contributed by atoms with Gasteiger partial charge in [-0.2, -0.15) is 4.31 Å². The lowest BCUT2D eigenvalue weighted by molar-refractivity contribution is -0.147. The highest BCUT2D eigenvalue weighted by Crippen LogP contribution is 2.36. The fourth-order valence-electron chi connectivity index (χ4n) is 2.35. The lowest BCUT2D eigenvalue weighted by Gasteiger charge is -2.42. The molecule has 1 heterocycles. The Morgan fingerprint density at radius 3 is 2.65 bits per heavy atom. The van der Waals surface area contributed by atoms with Gasteiger partial charge in [0.05, 0.1) is 5.75 Å². The molecule has 0 saturated carbocycles. The molecule has 0 amide bonds. The number of rotatable bonds is 4. The molecule has 1 unspecified atom stereocenters. The Labute approximate surface area is 102 Å². The van der Waals surface area contributed by atoms with Crippen LogP contribution in [0.25, 0.3) is 0 Å². The number of hydrogen-bond acceptors (Lipinski definition) is 3. The summed E-state index contributed by atoms with van der Waals surface area (Å²) in [6.07, 6.45) is 2.69. The molecule has 0 aromatic carbocycles. The second-order valence-electron chi connectivity index (χ2n) is 5.01. The second kappa shape index (κ2) is 4.78. The molecule has 1 fully saturated rings. The quantitative estimate of drug-likeness (QED) is 0.768. The highest BCUT2D eigenvalue weighted by Gasteiger charge is 2.46. The van der Waals surface area contributed by atoms with Gasteiger partial charge in [0.15, 0.2) is 0 Å². The molecule has 0 aliphatic carbocycles. The van der Waals surface area contributed by atoms with Gasteiger partial charge in [0.25, 0.3) is 0 Å². The highest BCUT2D eigenvalue weighted by atomic mass is 32.2. The predicted molar refractivity (Wildman–Crippen MR) is 65.1 cm³/mol. The van der Waals surface area contributed by atoms with Crippen LogP contribution in [-0.4, -0.2) is 42.1 Å². The molecule has 1 aliphatic heterocycles. The van der Waals surface area contributed by atoms with E-state index in [1.54, 1.807) is 13.8 Å². The van der Waals surface area contributed by atoms with E-state index in [9.17, 15) is 18.3 Å². The number of hydrogen-bond donors (Lipinski definition) is 1. The van der Waals surface area contributed by atoms with Gasteiger partial charge in [-0.25, -0.2) is 8.42 Å². The van der Waals surface area contributed by atoms with E-state index in [0.717, 1.165) is 4.31 Å². The van der Waals surface area contributed by atoms with Gasteiger partial charge in [0, 0.05) is 6.54 Å². The van der Waals surface area contributed by atoms with Crippen LogP contribution in [0.2, 0.25) is 0 Å². The lowest BCUT2D eigenvalue weighted by atomic mass is 9.77. The van der Waals surface area contributed by atoms with E-state index in [-0.39, 0.29) is 12.3 Å². The van der Waals surface area contributed by atoms with Crippen molar-refractivity contribution in [1.82, 2.24) is 4.31 Å². The van der Waals surface area contributed by atoms with Crippen molar-refractivity contribution in [2.24, 2.45) is 5.41 Å². The van der Waals surface area contributed by atoms with Crippen molar-refractivity contribution in [3.63, 3.8) is 0 Å². The SMILES string of the molecule is C=CCS(=O)(=O)N1CCCC(C)(C)C1C(=O)O. The van der Waals surface area contributed by atoms with Gasteiger partial charge in [0.1, 0.15) is 6.04 Å². The Morgan fingerprint density at radius 2 is 2.18 bits per heavy atom. The summed E-state index contributed by atoms with van der Waals surface area (Å²) >= 11 is 0. The molecule has 0 aromatic heterocycles. The number of nitrogens with zero attached hydrogens (tertiary/aromatic N) is 1. The first-order valence-corrected chi connectivity index (χ1v) is 7.16. The van der Waals surface area contributed by atoms with Crippen LogP contribution < -0.4 is 0 Å². The average molecular weight is 261 g/mol. The molecule has 1 saturated heterocycles. The molecule has 1 rings (SSSR count). The first-order valence-electron chi connectivity index (χ1n) is 5.55. The third-order valence-corrected chi connectivity index (χ3v) is 4.91. The van der Waals surface area contributed by atoms with E-state index in [0.29, 0.717) is 12.8 Å². The molecule has 0 spiro atoms. The Balaban J connectivity index is 3.13. The predicted octanol–water partition coefficient (Wildman–Crippen LogP) is 1.08. The Bertz CT molecular complexity index is 413. The van der Waals surface area contributed by atoms with E-state index in [4.69, 9.17) is 0 Å². The van der Waals surface area contributed by atoms with Gasteiger partial charge in [-0.3, -0.25) is 4.79 Å². The molecule has 1 atom stereocenters. The van der Waals surface area contributed by atoms with Gasteiger partial charge in [-0.05, 0) is 18.3 Å². The Hall–Kier alpha value is -0.880. The summed E-state index contributed by atoms with van der Waals surface area (Å²) in [5, 5.41) is 9.24. The number of carbonyl (C=O) groups is 1. The molecule has 6 heteroatoms. The summed E-state index contributed by atoms with van der Waals surface area (Å²) in [5.74, 6) is -1.30. The van der Waals surface area contributed by atoms with Crippen LogP contribution in [-0.2, 0) is 14.8 Å². The van der Waals surface area contributed by atoms with Crippen LogP contribution in [0, 0.1) is 5.41 Å². The van der Waals surface area contributed by atoms with Crippen LogP contribution in [0.4, 0.5) is 0 Å². The first kappa shape index (κ1) is 14.2. The number of carboxylic acids is 1. The molecule has 0 bridgehead atoms. The van der Waals surface area contributed by atoms with E-state index in [1.807, 2.05) is 0 Å². The zero-order valence-electron chi connectivity index (χ0n) is 10.2. The van der Waals surface area contributed by atoms with Crippen LogP contribution in [0.1, 0.15) is 26.7 Å². The summed E-state index contributed by atoms with van der Waals surface area (Å²) in [5.41, 5.74) is -0.543. The van der Waals surface area contributed by atoms with Crippen molar-refractivity contribution in [3.05, 3.63) is 12.7 Å². The minimum absolute atomic E-state index is 0.215. The lowest BCUT2D eigenvalue weighted by Crippen LogP contribution is -2.56. The average Bonchev–Trinajstić information content (AvgIpc) is 2.14. The molecule has 5 nitrogen and oxygen atoms in total. The van der Waals surface area contributed by atoms with Crippen molar-refractivity contribution >= 4 is 16.0 Å². The van der Waals surface area contributed by atoms with Crippen molar-refractivity contribution < 1.29 is 18.3 Å². The standard InChI is InChI=1S/C11H19NO4S/c1-4-8-17(15,16)12-7-5-6-11(2,3)9(12)10(13)14/h4,9H,1,5-8H2,2-3H3,(H,13,14). The smallest absolute Gasteiger partial charge is 0.322 e. The van der Waals surface area contributed by atoms with Crippen molar-refractivity contribution in [3.8, 4) is 0 Å². The maximum Gasteiger partial charge on any atom is 0.322 e. The third kappa shape index (κ3) is 2.87. The summed E-state index contributed by atoms with van der Waals surface area (Å²) in [7, 11) is -3.56. The molecule has 0 radical (unpaired) electrons. The van der Waals surface area contributed by atoms with Gasteiger partial charge in [0.2, 0.25) is 10.0 Å². The van der Waals surface area contributed by atoms with E-state index in [1.165, 1.54) is 6.08 Å². The van der Waals surface area contributed by atoms with Gasteiger partial charge >= 0.3 is 5.97 Å². The normalized spacial score (nSPS) is 25.4. The first-order chi connectivity index (χ1) is 7.72. The van der Waals surface area contributed by atoms with Gasteiger partial charge < -0.3 is 5.11 Å². The second-order valence-corrected chi connectivity index (χ2v) is 6.98. The summed E-state index contributed by atoms with van der Waals surface area (Å²) in [6.45, 7) is 7.25. The van der Waals surface area contributed by atoms with Crippen molar-refractivity contribution in [1.29, 1.82) is 0 Å². The topological polar surface area (TPSA) is 74.7 Å². The molecule has 1 N–H and O–H groups in total. The summed E-state index contributed by atoms with van der Waals surface area (Å²) in [6, 6.07) is -0.985. The molecular formula is C11H19NO4S. The molecular weight excluding hydrogens is 242 g/mol. The number of piperidine rings is 1. The number of carboxylic acid groups (broad SMARTS) is 1. The van der Waals surface area contributed by atoms with Gasteiger partial charge in [-0.1, -0.05) is 19.9 Å². The zero-order chi connectivity index (χ0) is 13.3. The minimum Gasteiger partial charge on any atom is -0.480 e. The molecule has 1 aliphatic rings. The van der Waals surface area contributed by atoms with E-state index in [2.05, 4.69) is 6.58 Å². The minimum atomic E-state index is -3.56. The largest absolute Gasteiger partial charge is 0.480 e.